The smallest absolute Gasteiger partial charge is 0.211 e. The van der Waals surface area contributed by atoms with Gasteiger partial charge in [-0.2, -0.15) is 0 Å². The fourth-order valence-electron chi connectivity index (χ4n) is 2.86. The van der Waals surface area contributed by atoms with E-state index in [-0.39, 0.29) is 0 Å². The molecule has 9 heteroatoms. The standard InChI is InChI=1S/C17H30N4O4S/c1-18-17(19-8-4-11-24-14-16-5-3-12-25-16)20-13-15-6-9-21(10-7-15)26(2,22)23/h3,5,12,15H,4,6-11,13-14H2,1-2H3,(H2,18,19,20). The van der Waals surface area contributed by atoms with Crippen LogP contribution in [-0.4, -0.2) is 64.8 Å². The minimum absolute atomic E-state index is 0.461. The summed E-state index contributed by atoms with van der Waals surface area (Å²) < 4.78 is 35.4. The first-order chi connectivity index (χ1) is 12.5. The van der Waals surface area contributed by atoms with Crippen molar-refractivity contribution in [2.45, 2.75) is 25.9 Å². The fraction of sp³-hybridized carbons (Fsp3) is 0.706. The van der Waals surface area contributed by atoms with Crippen molar-refractivity contribution in [2.75, 3.05) is 46.1 Å². The zero-order valence-electron chi connectivity index (χ0n) is 15.6. The lowest BCUT2D eigenvalue weighted by molar-refractivity contribution is 0.105. The Labute approximate surface area is 156 Å². The number of guanidine groups is 1. The highest BCUT2D eigenvalue weighted by Crippen LogP contribution is 2.18. The van der Waals surface area contributed by atoms with E-state index in [1.807, 2.05) is 12.1 Å². The Hall–Kier alpha value is -1.58. The maximum atomic E-state index is 11.5. The van der Waals surface area contributed by atoms with Gasteiger partial charge in [0.15, 0.2) is 5.96 Å². The first-order valence-electron chi connectivity index (χ1n) is 8.99. The lowest BCUT2D eigenvalue weighted by atomic mass is 9.98. The summed E-state index contributed by atoms with van der Waals surface area (Å²) in [5, 5.41) is 6.59. The lowest BCUT2D eigenvalue weighted by Crippen LogP contribution is -2.44. The van der Waals surface area contributed by atoms with Crippen molar-refractivity contribution in [2.24, 2.45) is 10.9 Å². The average molecular weight is 387 g/mol. The summed E-state index contributed by atoms with van der Waals surface area (Å²) in [5.74, 6) is 2.06. The van der Waals surface area contributed by atoms with Crippen molar-refractivity contribution in [3.8, 4) is 0 Å². The molecule has 1 aromatic heterocycles. The summed E-state index contributed by atoms with van der Waals surface area (Å²) in [5.41, 5.74) is 0. The number of hydrogen-bond acceptors (Lipinski definition) is 5. The van der Waals surface area contributed by atoms with E-state index >= 15 is 0 Å². The van der Waals surface area contributed by atoms with Crippen LogP contribution >= 0.6 is 0 Å². The maximum absolute atomic E-state index is 11.5. The van der Waals surface area contributed by atoms with Gasteiger partial charge in [0, 0.05) is 39.8 Å². The number of aliphatic imine (C=N–C) groups is 1. The molecule has 0 aromatic carbocycles. The summed E-state index contributed by atoms with van der Waals surface area (Å²) in [4.78, 5) is 4.22. The first-order valence-corrected chi connectivity index (χ1v) is 10.8. The van der Waals surface area contributed by atoms with Crippen LogP contribution in [0.1, 0.15) is 25.0 Å². The third kappa shape index (κ3) is 7.35. The number of nitrogens with one attached hydrogen (secondary N) is 2. The van der Waals surface area contributed by atoms with Gasteiger partial charge in [-0.05, 0) is 37.3 Å². The molecule has 0 amide bonds. The minimum Gasteiger partial charge on any atom is -0.467 e. The van der Waals surface area contributed by atoms with E-state index in [0.29, 0.717) is 32.2 Å². The summed E-state index contributed by atoms with van der Waals surface area (Å²) in [7, 11) is -1.32. The van der Waals surface area contributed by atoms with Crippen LogP contribution in [0.15, 0.2) is 27.8 Å². The second-order valence-corrected chi connectivity index (χ2v) is 8.45. The summed E-state index contributed by atoms with van der Waals surface area (Å²) in [6.45, 7) is 3.91. The van der Waals surface area contributed by atoms with Crippen LogP contribution < -0.4 is 10.6 Å². The van der Waals surface area contributed by atoms with E-state index in [0.717, 1.165) is 44.1 Å². The number of furan rings is 1. The van der Waals surface area contributed by atoms with Crippen molar-refractivity contribution in [3.05, 3.63) is 24.2 Å². The quantitative estimate of drug-likeness (QED) is 0.374. The SMILES string of the molecule is CN=C(NCCCOCc1ccco1)NCC1CCN(S(C)(=O)=O)CC1. The van der Waals surface area contributed by atoms with Gasteiger partial charge in [-0.3, -0.25) is 4.99 Å². The van der Waals surface area contributed by atoms with Crippen molar-refractivity contribution >= 4 is 16.0 Å². The van der Waals surface area contributed by atoms with Gasteiger partial charge in [0.2, 0.25) is 10.0 Å². The van der Waals surface area contributed by atoms with Gasteiger partial charge in [0.1, 0.15) is 12.4 Å². The van der Waals surface area contributed by atoms with Crippen molar-refractivity contribution in [1.29, 1.82) is 0 Å². The fourth-order valence-corrected chi connectivity index (χ4v) is 3.73. The van der Waals surface area contributed by atoms with Gasteiger partial charge in [-0.1, -0.05) is 0 Å². The van der Waals surface area contributed by atoms with Gasteiger partial charge in [-0.25, -0.2) is 12.7 Å². The molecule has 2 N–H and O–H groups in total. The van der Waals surface area contributed by atoms with Gasteiger partial charge < -0.3 is 19.8 Å². The molecule has 148 valence electrons. The van der Waals surface area contributed by atoms with Crippen LogP contribution in [-0.2, 0) is 21.4 Å². The minimum atomic E-state index is -3.06. The molecule has 0 bridgehead atoms. The Morgan fingerprint density at radius 2 is 2.15 bits per heavy atom. The highest BCUT2D eigenvalue weighted by Gasteiger charge is 2.24. The normalized spacial score (nSPS) is 17.4. The van der Waals surface area contributed by atoms with Crippen LogP contribution in [0.2, 0.25) is 0 Å². The molecule has 0 radical (unpaired) electrons. The zero-order valence-corrected chi connectivity index (χ0v) is 16.4. The summed E-state index contributed by atoms with van der Waals surface area (Å²) in [6.07, 6.45) is 5.53. The molecule has 8 nitrogen and oxygen atoms in total. The molecule has 26 heavy (non-hydrogen) atoms. The Bertz CT molecular complexity index is 638. The molecule has 1 aliphatic heterocycles. The number of hydrogen-bond donors (Lipinski definition) is 2. The van der Waals surface area contributed by atoms with Crippen molar-refractivity contribution in [1.82, 2.24) is 14.9 Å². The number of piperidine rings is 1. The zero-order chi connectivity index (χ0) is 18.8. The molecule has 2 heterocycles. The molecule has 0 aliphatic carbocycles. The van der Waals surface area contributed by atoms with Crippen molar-refractivity contribution < 1.29 is 17.6 Å². The highest BCUT2D eigenvalue weighted by molar-refractivity contribution is 7.88. The number of ether oxygens (including phenoxy) is 1. The number of sulfonamides is 1. The molecule has 0 spiro atoms. The van der Waals surface area contributed by atoms with E-state index in [9.17, 15) is 8.42 Å². The molecule has 1 saturated heterocycles. The summed E-state index contributed by atoms with van der Waals surface area (Å²) >= 11 is 0. The van der Waals surface area contributed by atoms with Crippen LogP contribution in [0, 0.1) is 5.92 Å². The first kappa shape index (κ1) is 20.7. The van der Waals surface area contributed by atoms with E-state index in [1.54, 1.807) is 17.6 Å². The van der Waals surface area contributed by atoms with Crippen LogP contribution in [0.5, 0.6) is 0 Å². The lowest BCUT2D eigenvalue weighted by Gasteiger charge is -2.30. The van der Waals surface area contributed by atoms with E-state index in [2.05, 4.69) is 15.6 Å². The maximum Gasteiger partial charge on any atom is 0.211 e. The molecular formula is C17H30N4O4S. The third-order valence-electron chi connectivity index (χ3n) is 4.41. The Morgan fingerprint density at radius 3 is 2.77 bits per heavy atom. The second kappa shape index (κ2) is 10.5. The van der Waals surface area contributed by atoms with Crippen LogP contribution in [0.25, 0.3) is 0 Å². The molecule has 2 rings (SSSR count). The molecule has 1 aliphatic rings. The average Bonchev–Trinajstić information content (AvgIpc) is 3.13. The summed E-state index contributed by atoms with van der Waals surface area (Å²) in [6, 6.07) is 3.74. The van der Waals surface area contributed by atoms with Gasteiger partial charge in [-0.15, -0.1) is 0 Å². The van der Waals surface area contributed by atoms with E-state index in [4.69, 9.17) is 9.15 Å². The molecule has 0 unspecified atom stereocenters. The molecule has 0 atom stereocenters. The van der Waals surface area contributed by atoms with Gasteiger partial charge >= 0.3 is 0 Å². The Balaban J connectivity index is 1.54. The molecule has 1 fully saturated rings. The predicted octanol–water partition coefficient (Wildman–Crippen LogP) is 1.02. The second-order valence-electron chi connectivity index (χ2n) is 6.47. The Morgan fingerprint density at radius 1 is 1.38 bits per heavy atom. The van der Waals surface area contributed by atoms with Gasteiger partial charge in [0.25, 0.3) is 0 Å². The van der Waals surface area contributed by atoms with Crippen LogP contribution in [0.4, 0.5) is 0 Å². The predicted molar refractivity (Wildman–Crippen MR) is 101 cm³/mol. The molecule has 1 aromatic rings. The van der Waals surface area contributed by atoms with Crippen molar-refractivity contribution in [3.63, 3.8) is 0 Å². The van der Waals surface area contributed by atoms with E-state index in [1.165, 1.54) is 6.26 Å². The number of rotatable bonds is 9. The molecular weight excluding hydrogens is 356 g/mol. The van der Waals surface area contributed by atoms with Gasteiger partial charge in [0.05, 0.1) is 12.5 Å². The molecule has 0 saturated carbocycles. The number of nitrogens with zero attached hydrogens (tertiary/aromatic N) is 2. The van der Waals surface area contributed by atoms with Crippen LogP contribution in [0.3, 0.4) is 0 Å². The third-order valence-corrected chi connectivity index (χ3v) is 5.71. The topological polar surface area (TPSA) is 96.2 Å². The highest BCUT2D eigenvalue weighted by atomic mass is 32.2. The monoisotopic (exact) mass is 386 g/mol. The largest absolute Gasteiger partial charge is 0.467 e. The van der Waals surface area contributed by atoms with E-state index < -0.39 is 10.0 Å². The Kier molecular flexibility index (Phi) is 8.40.